The molecule has 0 rings (SSSR count). The van der Waals surface area contributed by atoms with Crippen LogP contribution in [0.1, 0.15) is 0 Å². The Bertz CT molecular complexity index is 218. The number of nitrogens with two attached hydrogens (primary N) is 1. The maximum absolute atomic E-state index is 10.6. The summed E-state index contributed by atoms with van der Waals surface area (Å²) >= 11 is 3.97. The van der Waals surface area contributed by atoms with Crippen LogP contribution in [-0.2, 0) is 4.79 Å². The number of primary amides is 1. The first-order chi connectivity index (χ1) is 5.11. The molecule has 0 atom stereocenters. The first-order valence-electron chi connectivity index (χ1n) is 3.04. The third-order valence-corrected chi connectivity index (χ3v) is 1.47. The Kier molecular flexibility index (Phi) is 4.38. The van der Waals surface area contributed by atoms with Gasteiger partial charge in [-0.15, -0.1) is 0 Å². The molecule has 0 aliphatic heterocycles. The Balaban J connectivity index is 4.48. The molecule has 0 aromatic carbocycles. The Morgan fingerprint density at radius 1 is 1.64 bits per heavy atom. The Morgan fingerprint density at radius 3 is 2.45 bits per heavy atom. The van der Waals surface area contributed by atoms with Crippen LogP contribution in [0.3, 0.4) is 0 Å². The van der Waals surface area contributed by atoms with Crippen LogP contribution in [0.2, 0.25) is 0 Å². The molecule has 0 saturated heterocycles. The van der Waals surface area contributed by atoms with Crippen LogP contribution in [-0.4, -0.2) is 11.7 Å². The van der Waals surface area contributed by atoms with E-state index in [-0.39, 0.29) is 0 Å². The fraction of sp³-hybridized carbons (Fsp3) is 0.125. The minimum Gasteiger partial charge on any atom is -0.366 e. The summed E-state index contributed by atoms with van der Waals surface area (Å²) < 4.78 is 0. The predicted octanol–water partition coefficient (Wildman–Crippen LogP) is 1.07. The van der Waals surface area contributed by atoms with Gasteiger partial charge in [0.05, 0.1) is 0 Å². The minimum absolute atomic E-state index is 0.365. The molecule has 0 radical (unpaired) electrons. The molecule has 0 spiro atoms. The first kappa shape index (κ1) is 10.0. The van der Waals surface area contributed by atoms with E-state index in [1.807, 2.05) is 0 Å². The van der Waals surface area contributed by atoms with E-state index in [9.17, 15) is 4.79 Å². The van der Waals surface area contributed by atoms with Gasteiger partial charge in [-0.3, -0.25) is 4.79 Å². The summed E-state index contributed by atoms with van der Waals surface area (Å²) in [6, 6.07) is 0. The van der Waals surface area contributed by atoms with Crippen molar-refractivity contribution >= 4 is 18.5 Å². The fourth-order valence-corrected chi connectivity index (χ4v) is 0.587. The highest BCUT2D eigenvalue weighted by molar-refractivity contribution is 7.80. The van der Waals surface area contributed by atoms with Crippen molar-refractivity contribution in [1.82, 2.24) is 0 Å². The largest absolute Gasteiger partial charge is 0.366 e. The fourth-order valence-electron chi connectivity index (χ4n) is 0.496. The van der Waals surface area contributed by atoms with Gasteiger partial charge in [-0.05, 0) is 11.6 Å². The zero-order chi connectivity index (χ0) is 8.85. The van der Waals surface area contributed by atoms with E-state index in [2.05, 4.69) is 25.8 Å². The van der Waals surface area contributed by atoms with E-state index in [4.69, 9.17) is 5.73 Å². The van der Waals surface area contributed by atoms with Gasteiger partial charge in [0.25, 0.3) is 0 Å². The van der Waals surface area contributed by atoms with E-state index in [0.29, 0.717) is 11.3 Å². The quantitative estimate of drug-likeness (QED) is 0.369. The number of thiol groups is 1. The number of hydrogen-bond acceptors (Lipinski definition) is 2. The average Bonchev–Trinajstić information content (AvgIpc) is 1.99. The van der Waals surface area contributed by atoms with Gasteiger partial charge in [0.15, 0.2) is 0 Å². The third kappa shape index (κ3) is 3.68. The van der Waals surface area contributed by atoms with Crippen LogP contribution in [0.25, 0.3) is 0 Å². The number of carbonyl (C=O) groups is 1. The lowest BCUT2D eigenvalue weighted by molar-refractivity contribution is -0.114. The molecule has 3 heteroatoms. The first-order valence-corrected chi connectivity index (χ1v) is 3.67. The van der Waals surface area contributed by atoms with E-state index < -0.39 is 5.91 Å². The lowest BCUT2D eigenvalue weighted by atomic mass is 10.2. The molecule has 2 nitrogen and oxygen atoms in total. The summed E-state index contributed by atoms with van der Waals surface area (Å²) in [7, 11) is 0. The second kappa shape index (κ2) is 4.79. The molecule has 0 aromatic rings. The van der Waals surface area contributed by atoms with E-state index in [1.165, 1.54) is 6.08 Å². The van der Waals surface area contributed by atoms with E-state index >= 15 is 0 Å². The van der Waals surface area contributed by atoms with Crippen LogP contribution < -0.4 is 5.73 Å². The zero-order valence-corrected chi connectivity index (χ0v) is 7.10. The predicted molar refractivity (Wildman–Crippen MR) is 50.5 cm³/mol. The van der Waals surface area contributed by atoms with Crippen LogP contribution in [0.15, 0.2) is 36.5 Å². The highest BCUT2D eigenvalue weighted by atomic mass is 32.1. The summed E-state index contributed by atoms with van der Waals surface area (Å²) in [5.74, 6) is 0.00730. The summed E-state index contributed by atoms with van der Waals surface area (Å²) in [5.41, 5.74) is 6.11. The second-order valence-corrected chi connectivity index (χ2v) is 2.30. The summed E-state index contributed by atoms with van der Waals surface area (Å²) in [5, 5.41) is 0. The highest BCUT2D eigenvalue weighted by Gasteiger charge is 1.98. The molecule has 60 valence electrons. The van der Waals surface area contributed by atoms with E-state index in [0.717, 1.165) is 5.57 Å². The van der Waals surface area contributed by atoms with Gasteiger partial charge in [-0.25, -0.2) is 0 Å². The zero-order valence-electron chi connectivity index (χ0n) is 6.21. The SMILES string of the molecule is C=C/C(=C\C(=C)CS)C(N)=O. The number of hydrogen-bond donors (Lipinski definition) is 2. The van der Waals surface area contributed by atoms with Crippen LogP contribution in [0.5, 0.6) is 0 Å². The minimum atomic E-state index is -0.497. The third-order valence-electron chi connectivity index (χ3n) is 1.07. The van der Waals surface area contributed by atoms with Crippen molar-refractivity contribution in [1.29, 1.82) is 0 Å². The second-order valence-electron chi connectivity index (χ2n) is 1.98. The van der Waals surface area contributed by atoms with Gasteiger partial charge in [0, 0.05) is 11.3 Å². The maximum atomic E-state index is 10.6. The van der Waals surface area contributed by atoms with Crippen molar-refractivity contribution in [2.24, 2.45) is 5.73 Å². The van der Waals surface area contributed by atoms with Crippen LogP contribution in [0, 0.1) is 0 Å². The number of allylic oxidation sites excluding steroid dienone is 1. The average molecular weight is 169 g/mol. The van der Waals surface area contributed by atoms with Gasteiger partial charge in [0.2, 0.25) is 5.91 Å². The molecular weight excluding hydrogens is 158 g/mol. The van der Waals surface area contributed by atoms with Gasteiger partial charge in [-0.1, -0.05) is 19.2 Å². The number of carbonyl (C=O) groups excluding carboxylic acids is 1. The molecule has 0 saturated carbocycles. The molecule has 0 aromatic heterocycles. The van der Waals surface area contributed by atoms with Crippen molar-refractivity contribution in [2.75, 3.05) is 5.75 Å². The molecule has 2 N–H and O–H groups in total. The standard InChI is InChI=1S/C8H11NOS/c1-3-7(8(9)10)4-6(2)5-11/h3-4,11H,1-2,5H2,(H2,9,10)/b7-4+. The van der Waals surface area contributed by atoms with Gasteiger partial charge >= 0.3 is 0 Å². The van der Waals surface area contributed by atoms with Crippen molar-refractivity contribution < 1.29 is 4.79 Å². The van der Waals surface area contributed by atoms with Crippen molar-refractivity contribution in [2.45, 2.75) is 0 Å². The monoisotopic (exact) mass is 169 g/mol. The molecule has 0 bridgehead atoms. The summed E-state index contributed by atoms with van der Waals surface area (Å²) in [4.78, 5) is 10.6. The smallest absolute Gasteiger partial charge is 0.248 e. The molecule has 0 unspecified atom stereocenters. The normalized spacial score (nSPS) is 10.8. The lowest BCUT2D eigenvalue weighted by Gasteiger charge is -1.95. The number of rotatable bonds is 4. The van der Waals surface area contributed by atoms with Gasteiger partial charge in [-0.2, -0.15) is 12.6 Å². The molecular formula is C8H11NOS. The molecule has 11 heavy (non-hydrogen) atoms. The highest BCUT2D eigenvalue weighted by Crippen LogP contribution is 2.02. The molecule has 0 fully saturated rings. The van der Waals surface area contributed by atoms with Crippen LogP contribution >= 0.6 is 12.6 Å². The van der Waals surface area contributed by atoms with E-state index in [1.54, 1.807) is 6.08 Å². The molecule has 1 amide bonds. The summed E-state index contributed by atoms with van der Waals surface area (Å²) in [6.07, 6.45) is 2.97. The summed E-state index contributed by atoms with van der Waals surface area (Å²) in [6.45, 7) is 7.07. The Labute approximate surface area is 71.9 Å². The molecule has 0 aliphatic rings. The van der Waals surface area contributed by atoms with Gasteiger partial charge in [0.1, 0.15) is 0 Å². The Morgan fingerprint density at radius 2 is 2.18 bits per heavy atom. The van der Waals surface area contributed by atoms with Crippen LogP contribution in [0.4, 0.5) is 0 Å². The molecule has 0 aliphatic carbocycles. The Hall–Kier alpha value is -0.960. The molecule has 0 heterocycles. The topological polar surface area (TPSA) is 43.1 Å². The number of amides is 1. The maximum Gasteiger partial charge on any atom is 0.248 e. The van der Waals surface area contributed by atoms with Crippen molar-refractivity contribution in [3.8, 4) is 0 Å². The lowest BCUT2D eigenvalue weighted by Crippen LogP contribution is -2.12. The van der Waals surface area contributed by atoms with Gasteiger partial charge < -0.3 is 5.73 Å². The van der Waals surface area contributed by atoms with Crippen molar-refractivity contribution in [3.63, 3.8) is 0 Å². The van der Waals surface area contributed by atoms with Crippen molar-refractivity contribution in [3.05, 3.63) is 36.5 Å².